The van der Waals surface area contributed by atoms with Crippen LogP contribution in [0, 0.1) is 11.8 Å². The first-order valence-corrected chi connectivity index (χ1v) is 15.7. The lowest BCUT2D eigenvalue weighted by atomic mass is 9.86. The number of cyclic esters (lactones) is 1. The molecule has 0 bridgehead atoms. The molecule has 6 nitrogen and oxygen atoms in total. The van der Waals surface area contributed by atoms with Gasteiger partial charge in [-0.15, -0.1) is 0 Å². The second-order valence-electron chi connectivity index (χ2n) is 11.3. The van der Waals surface area contributed by atoms with Crippen molar-refractivity contribution in [3.8, 4) is 0 Å². The third kappa shape index (κ3) is 13.0. The van der Waals surface area contributed by atoms with Gasteiger partial charge in [0, 0.05) is 6.42 Å². The van der Waals surface area contributed by atoms with Crippen molar-refractivity contribution < 1.29 is 23.9 Å². The molecule has 6 heteroatoms. The molecule has 2 N–H and O–H groups in total. The van der Waals surface area contributed by atoms with Gasteiger partial charge in [-0.2, -0.15) is 0 Å². The fourth-order valence-electron chi connectivity index (χ4n) is 5.45. The number of hydrogen-bond acceptors (Lipinski definition) is 5. The summed E-state index contributed by atoms with van der Waals surface area (Å²) in [5.74, 6) is -2.44. The third-order valence-electron chi connectivity index (χ3n) is 7.99. The number of carbonyl (C=O) groups excluding carboxylic acids is 3. The summed E-state index contributed by atoms with van der Waals surface area (Å²) in [7, 11) is 0. The molecule has 220 valence electrons. The minimum atomic E-state index is -0.982. The Morgan fingerprint density at radius 1 is 0.846 bits per heavy atom. The molecule has 2 rings (SSSR count). The van der Waals surface area contributed by atoms with Crippen LogP contribution in [-0.2, 0) is 30.3 Å². The van der Waals surface area contributed by atoms with Crippen LogP contribution in [0.1, 0.15) is 129 Å². The summed E-state index contributed by atoms with van der Waals surface area (Å²) < 4.78 is 11.4. The maximum atomic E-state index is 13.1. The lowest BCUT2D eigenvalue weighted by Crippen LogP contribution is -2.47. The first-order valence-electron chi connectivity index (χ1n) is 15.7. The van der Waals surface area contributed by atoms with Crippen molar-refractivity contribution in [2.75, 3.05) is 0 Å². The largest absolute Gasteiger partial charge is 0.462 e. The molecule has 1 aliphatic heterocycles. The smallest absolute Gasteiger partial charge is 0.318 e. The van der Waals surface area contributed by atoms with Crippen molar-refractivity contribution in [2.24, 2.45) is 17.6 Å². The fraction of sp³-hybridized carbons (Fsp3) is 0.727. The number of amides is 1. The molecular formula is C33H53NO5. The standard InChI is InChI=1S/C33H53NO5/c1-3-5-7-9-10-11-12-13-17-21-27(25-30-28(32(36)39-30)22-18-8-6-4-2)38-33(37)29(31(34)35)24-23-26-19-15-14-16-20-26/h14-16,19-20,27-30H,3-13,17-18,21-25H2,1-2H3,(H2,34,35)/t27-,28-,29?,30-/m0/s1. The molecule has 39 heavy (non-hydrogen) atoms. The number of hydrogen-bond donors (Lipinski definition) is 1. The fourth-order valence-corrected chi connectivity index (χ4v) is 5.45. The second kappa shape index (κ2) is 19.7. The number of unbranched alkanes of at least 4 members (excludes halogenated alkanes) is 11. The number of benzene rings is 1. The van der Waals surface area contributed by atoms with Crippen LogP contribution in [0.5, 0.6) is 0 Å². The van der Waals surface area contributed by atoms with Gasteiger partial charge in [-0.3, -0.25) is 14.4 Å². The maximum absolute atomic E-state index is 13.1. The van der Waals surface area contributed by atoms with E-state index in [4.69, 9.17) is 15.2 Å². The number of esters is 2. The molecule has 0 radical (unpaired) electrons. The van der Waals surface area contributed by atoms with Crippen LogP contribution in [-0.4, -0.2) is 30.1 Å². The van der Waals surface area contributed by atoms with E-state index in [-0.39, 0.29) is 24.1 Å². The average Bonchev–Trinajstić information content (AvgIpc) is 2.92. The van der Waals surface area contributed by atoms with Gasteiger partial charge in [0.15, 0.2) is 0 Å². The molecule has 0 spiro atoms. The van der Waals surface area contributed by atoms with E-state index in [1.165, 1.54) is 51.4 Å². The third-order valence-corrected chi connectivity index (χ3v) is 7.99. The number of aryl methyl sites for hydroxylation is 1. The number of ether oxygens (including phenoxy) is 2. The second-order valence-corrected chi connectivity index (χ2v) is 11.3. The molecule has 0 aromatic heterocycles. The summed E-state index contributed by atoms with van der Waals surface area (Å²) >= 11 is 0. The van der Waals surface area contributed by atoms with Crippen molar-refractivity contribution in [1.29, 1.82) is 0 Å². The van der Waals surface area contributed by atoms with Gasteiger partial charge in [-0.05, 0) is 37.7 Å². The Kier molecular flexibility index (Phi) is 16.5. The lowest BCUT2D eigenvalue weighted by Gasteiger charge is -2.37. The normalized spacial score (nSPS) is 18.2. The monoisotopic (exact) mass is 543 g/mol. The van der Waals surface area contributed by atoms with E-state index in [0.717, 1.165) is 44.1 Å². The summed E-state index contributed by atoms with van der Waals surface area (Å²) in [6.45, 7) is 4.41. The SMILES string of the molecule is CCCCCCCCCCC[C@@H](C[C@@H]1OC(=O)[C@H]1CCCCCC)OC(=O)C(CCc1ccccc1)C(N)=O. The Bertz CT molecular complexity index is 827. The maximum Gasteiger partial charge on any atom is 0.318 e. The van der Waals surface area contributed by atoms with Crippen molar-refractivity contribution in [3.63, 3.8) is 0 Å². The predicted octanol–water partition coefficient (Wildman–Crippen LogP) is 7.46. The van der Waals surface area contributed by atoms with Gasteiger partial charge in [0.2, 0.25) is 5.91 Å². The molecule has 0 aliphatic carbocycles. The van der Waals surface area contributed by atoms with Gasteiger partial charge in [0.05, 0.1) is 5.92 Å². The predicted molar refractivity (Wildman–Crippen MR) is 156 cm³/mol. The van der Waals surface area contributed by atoms with Crippen molar-refractivity contribution in [1.82, 2.24) is 0 Å². The van der Waals surface area contributed by atoms with E-state index in [0.29, 0.717) is 25.7 Å². The topological polar surface area (TPSA) is 95.7 Å². The highest BCUT2D eigenvalue weighted by molar-refractivity contribution is 5.97. The Balaban J connectivity index is 1.90. The molecule has 1 aromatic rings. The number of nitrogens with two attached hydrogens (primary N) is 1. The Morgan fingerprint density at radius 3 is 2.03 bits per heavy atom. The highest BCUT2D eigenvalue weighted by Crippen LogP contribution is 2.33. The van der Waals surface area contributed by atoms with Crippen LogP contribution >= 0.6 is 0 Å². The Hall–Kier alpha value is -2.37. The van der Waals surface area contributed by atoms with Crippen LogP contribution in [0.15, 0.2) is 30.3 Å². The van der Waals surface area contributed by atoms with Gasteiger partial charge in [-0.25, -0.2) is 0 Å². The lowest BCUT2D eigenvalue weighted by molar-refractivity contribution is -0.190. The molecule has 1 unspecified atom stereocenters. The van der Waals surface area contributed by atoms with E-state index < -0.39 is 17.8 Å². The first kappa shape index (κ1) is 32.8. The zero-order valence-electron chi connectivity index (χ0n) is 24.5. The van der Waals surface area contributed by atoms with E-state index in [1.807, 2.05) is 30.3 Å². The van der Waals surface area contributed by atoms with E-state index in [1.54, 1.807) is 0 Å². The molecular weight excluding hydrogens is 490 g/mol. The minimum absolute atomic E-state index is 0.115. The number of rotatable bonds is 23. The van der Waals surface area contributed by atoms with E-state index in [2.05, 4.69) is 13.8 Å². The van der Waals surface area contributed by atoms with Gasteiger partial charge in [0.25, 0.3) is 0 Å². The summed E-state index contributed by atoms with van der Waals surface area (Å²) in [5, 5.41) is 0. The van der Waals surface area contributed by atoms with Gasteiger partial charge in [0.1, 0.15) is 18.1 Å². The minimum Gasteiger partial charge on any atom is -0.462 e. The zero-order valence-corrected chi connectivity index (χ0v) is 24.5. The number of carbonyl (C=O) groups is 3. The first-order chi connectivity index (χ1) is 19.0. The summed E-state index contributed by atoms with van der Waals surface area (Å²) in [4.78, 5) is 37.5. The van der Waals surface area contributed by atoms with Crippen LogP contribution < -0.4 is 5.73 Å². The van der Waals surface area contributed by atoms with Gasteiger partial charge < -0.3 is 15.2 Å². The molecule has 1 aromatic carbocycles. The zero-order chi connectivity index (χ0) is 28.3. The van der Waals surface area contributed by atoms with Gasteiger partial charge >= 0.3 is 11.9 Å². The quantitative estimate of drug-likeness (QED) is 0.0878. The van der Waals surface area contributed by atoms with Crippen LogP contribution in [0.3, 0.4) is 0 Å². The van der Waals surface area contributed by atoms with Crippen LogP contribution in [0.25, 0.3) is 0 Å². The Morgan fingerprint density at radius 2 is 1.44 bits per heavy atom. The van der Waals surface area contributed by atoms with Gasteiger partial charge in [-0.1, -0.05) is 121 Å². The van der Waals surface area contributed by atoms with Crippen LogP contribution in [0.4, 0.5) is 0 Å². The summed E-state index contributed by atoms with van der Waals surface area (Å²) in [6, 6.07) is 9.76. The molecule has 1 heterocycles. The van der Waals surface area contributed by atoms with Crippen LogP contribution in [0.2, 0.25) is 0 Å². The Labute approximate surface area is 236 Å². The van der Waals surface area contributed by atoms with Crippen molar-refractivity contribution in [3.05, 3.63) is 35.9 Å². The summed E-state index contributed by atoms with van der Waals surface area (Å²) in [6.07, 6.45) is 17.7. The average molecular weight is 544 g/mol. The molecule has 4 atom stereocenters. The molecule has 1 fully saturated rings. The molecule has 1 saturated heterocycles. The molecule has 0 saturated carbocycles. The van der Waals surface area contributed by atoms with E-state index in [9.17, 15) is 14.4 Å². The highest BCUT2D eigenvalue weighted by atomic mass is 16.6. The van der Waals surface area contributed by atoms with E-state index >= 15 is 0 Å². The highest BCUT2D eigenvalue weighted by Gasteiger charge is 2.43. The summed E-state index contributed by atoms with van der Waals surface area (Å²) in [5.41, 5.74) is 6.68. The number of primary amides is 1. The van der Waals surface area contributed by atoms with Crippen molar-refractivity contribution in [2.45, 2.75) is 142 Å². The molecule has 1 amide bonds. The van der Waals surface area contributed by atoms with Crippen molar-refractivity contribution >= 4 is 17.8 Å². The molecule has 1 aliphatic rings.